The molecule has 1 N–H and O–H groups in total. The monoisotopic (exact) mass is 218 g/mol. The van der Waals surface area contributed by atoms with Gasteiger partial charge in [0, 0.05) is 0 Å². The van der Waals surface area contributed by atoms with Crippen LogP contribution in [0.4, 0.5) is 0 Å². The van der Waals surface area contributed by atoms with E-state index < -0.39 is 11.4 Å². The highest BCUT2D eigenvalue weighted by atomic mass is 16.4. The fourth-order valence-corrected chi connectivity index (χ4v) is 2.39. The Morgan fingerprint density at radius 1 is 1.44 bits per heavy atom. The summed E-state index contributed by atoms with van der Waals surface area (Å²) < 4.78 is 0. The number of carbonyl (C=O) groups is 1. The molecule has 0 radical (unpaired) electrons. The van der Waals surface area contributed by atoms with E-state index in [2.05, 4.69) is 19.9 Å². The second kappa shape index (κ2) is 3.93. The van der Waals surface area contributed by atoms with E-state index in [4.69, 9.17) is 0 Å². The average molecular weight is 218 g/mol. The second-order valence-corrected chi connectivity index (χ2v) is 4.80. The third-order valence-corrected chi connectivity index (χ3v) is 3.46. The predicted molar refractivity (Wildman–Crippen MR) is 63.7 cm³/mol. The van der Waals surface area contributed by atoms with Crippen LogP contribution in [0.5, 0.6) is 0 Å². The van der Waals surface area contributed by atoms with E-state index in [1.807, 2.05) is 12.1 Å². The third-order valence-electron chi connectivity index (χ3n) is 3.46. The first-order valence-electron chi connectivity index (χ1n) is 5.93. The molecule has 0 heterocycles. The lowest BCUT2D eigenvalue weighted by molar-refractivity contribution is -0.140. The Bertz CT molecular complexity index is 417. The number of benzene rings is 1. The van der Waals surface area contributed by atoms with Gasteiger partial charge in [-0.2, -0.15) is 0 Å². The van der Waals surface area contributed by atoms with Crippen molar-refractivity contribution < 1.29 is 9.90 Å². The number of hydrogen-bond donors (Lipinski definition) is 1. The van der Waals surface area contributed by atoms with Gasteiger partial charge in [0.15, 0.2) is 0 Å². The molecular weight excluding hydrogens is 200 g/mol. The maximum Gasteiger partial charge on any atom is 0.314 e. The minimum absolute atomic E-state index is 0.557. The lowest BCUT2D eigenvalue weighted by atomic mass is 9.88. The SMILES string of the molecule is CCCc1cc(C)ccc1C1(C(=O)O)CC1. The summed E-state index contributed by atoms with van der Waals surface area (Å²) in [6.07, 6.45) is 3.63. The van der Waals surface area contributed by atoms with Crippen LogP contribution in [0, 0.1) is 6.92 Å². The van der Waals surface area contributed by atoms with Gasteiger partial charge in [0.05, 0.1) is 5.41 Å². The number of carboxylic acids is 1. The molecule has 2 heteroatoms. The van der Waals surface area contributed by atoms with E-state index in [0.29, 0.717) is 0 Å². The van der Waals surface area contributed by atoms with Gasteiger partial charge in [-0.1, -0.05) is 37.1 Å². The van der Waals surface area contributed by atoms with Gasteiger partial charge in [-0.25, -0.2) is 0 Å². The summed E-state index contributed by atoms with van der Waals surface area (Å²) in [6, 6.07) is 6.18. The highest BCUT2D eigenvalue weighted by Crippen LogP contribution is 2.49. The van der Waals surface area contributed by atoms with Crippen molar-refractivity contribution in [2.75, 3.05) is 0 Å². The van der Waals surface area contributed by atoms with Gasteiger partial charge in [-0.05, 0) is 37.3 Å². The molecule has 2 nitrogen and oxygen atoms in total. The molecule has 0 amide bonds. The highest BCUT2D eigenvalue weighted by Gasteiger charge is 2.52. The van der Waals surface area contributed by atoms with Crippen LogP contribution in [0.25, 0.3) is 0 Å². The van der Waals surface area contributed by atoms with Gasteiger partial charge < -0.3 is 5.11 Å². The summed E-state index contributed by atoms with van der Waals surface area (Å²) in [6.45, 7) is 4.19. The molecule has 0 bridgehead atoms. The smallest absolute Gasteiger partial charge is 0.314 e. The number of aryl methyl sites for hydroxylation is 2. The molecule has 0 unspecified atom stereocenters. The fourth-order valence-electron chi connectivity index (χ4n) is 2.39. The first-order valence-corrected chi connectivity index (χ1v) is 5.93. The molecule has 86 valence electrons. The molecule has 1 aliphatic rings. The molecule has 1 aliphatic carbocycles. The van der Waals surface area contributed by atoms with Crippen molar-refractivity contribution in [3.05, 3.63) is 34.9 Å². The Hall–Kier alpha value is -1.31. The van der Waals surface area contributed by atoms with Crippen LogP contribution >= 0.6 is 0 Å². The summed E-state index contributed by atoms with van der Waals surface area (Å²) in [4.78, 5) is 11.3. The zero-order valence-electron chi connectivity index (χ0n) is 9.92. The maximum atomic E-state index is 11.3. The summed E-state index contributed by atoms with van der Waals surface area (Å²) in [5.41, 5.74) is 2.93. The average Bonchev–Trinajstić information content (AvgIpc) is 2.99. The molecule has 0 spiro atoms. The van der Waals surface area contributed by atoms with Crippen LogP contribution in [-0.4, -0.2) is 11.1 Å². The largest absolute Gasteiger partial charge is 0.481 e. The summed E-state index contributed by atoms with van der Waals surface area (Å²) in [5.74, 6) is -0.659. The van der Waals surface area contributed by atoms with E-state index in [0.717, 1.165) is 31.2 Å². The molecule has 1 saturated carbocycles. The first kappa shape index (κ1) is 11.2. The first-order chi connectivity index (χ1) is 7.60. The van der Waals surface area contributed by atoms with Gasteiger partial charge >= 0.3 is 5.97 Å². The van der Waals surface area contributed by atoms with Gasteiger partial charge in [0.25, 0.3) is 0 Å². The van der Waals surface area contributed by atoms with E-state index in [9.17, 15) is 9.90 Å². The molecule has 2 rings (SSSR count). The zero-order valence-corrected chi connectivity index (χ0v) is 9.92. The van der Waals surface area contributed by atoms with Crippen molar-refractivity contribution in [1.82, 2.24) is 0 Å². The van der Waals surface area contributed by atoms with E-state index >= 15 is 0 Å². The molecule has 16 heavy (non-hydrogen) atoms. The Morgan fingerprint density at radius 2 is 2.12 bits per heavy atom. The standard InChI is InChI=1S/C14H18O2/c1-3-4-11-9-10(2)5-6-12(11)14(7-8-14)13(15)16/h5-6,9H,3-4,7-8H2,1-2H3,(H,15,16). The van der Waals surface area contributed by atoms with Crippen LogP contribution in [0.15, 0.2) is 18.2 Å². The van der Waals surface area contributed by atoms with E-state index in [1.165, 1.54) is 11.1 Å². The molecule has 1 fully saturated rings. The quantitative estimate of drug-likeness (QED) is 0.843. The summed E-state index contributed by atoms with van der Waals surface area (Å²) in [7, 11) is 0. The second-order valence-electron chi connectivity index (χ2n) is 4.80. The lowest BCUT2D eigenvalue weighted by Gasteiger charge is -2.16. The zero-order chi connectivity index (χ0) is 11.8. The van der Waals surface area contributed by atoms with Crippen LogP contribution in [-0.2, 0) is 16.6 Å². The number of aliphatic carboxylic acids is 1. The molecule has 0 saturated heterocycles. The lowest BCUT2D eigenvalue weighted by Crippen LogP contribution is -2.21. The Morgan fingerprint density at radius 3 is 2.62 bits per heavy atom. The fraction of sp³-hybridized carbons (Fsp3) is 0.500. The molecule has 1 aromatic rings. The Labute approximate surface area is 96.3 Å². The predicted octanol–water partition coefficient (Wildman–Crippen LogP) is 3.06. The van der Waals surface area contributed by atoms with Crippen molar-refractivity contribution >= 4 is 5.97 Å². The number of rotatable bonds is 4. The Kier molecular flexibility index (Phi) is 2.75. The minimum Gasteiger partial charge on any atom is -0.481 e. The van der Waals surface area contributed by atoms with E-state index in [1.54, 1.807) is 0 Å². The maximum absolute atomic E-state index is 11.3. The topological polar surface area (TPSA) is 37.3 Å². The van der Waals surface area contributed by atoms with Crippen molar-refractivity contribution in [3.63, 3.8) is 0 Å². The molecule has 0 aromatic heterocycles. The van der Waals surface area contributed by atoms with E-state index in [-0.39, 0.29) is 0 Å². The van der Waals surface area contributed by atoms with Crippen molar-refractivity contribution in [2.45, 2.75) is 44.9 Å². The van der Waals surface area contributed by atoms with Crippen LogP contribution < -0.4 is 0 Å². The number of hydrogen-bond acceptors (Lipinski definition) is 1. The summed E-state index contributed by atoms with van der Waals surface area (Å²) >= 11 is 0. The van der Waals surface area contributed by atoms with Crippen molar-refractivity contribution in [3.8, 4) is 0 Å². The van der Waals surface area contributed by atoms with Gasteiger partial charge in [0.2, 0.25) is 0 Å². The van der Waals surface area contributed by atoms with Gasteiger partial charge in [-0.15, -0.1) is 0 Å². The third kappa shape index (κ3) is 1.73. The van der Waals surface area contributed by atoms with Crippen LogP contribution in [0.2, 0.25) is 0 Å². The summed E-state index contributed by atoms with van der Waals surface area (Å²) in [5, 5.41) is 9.32. The van der Waals surface area contributed by atoms with Crippen molar-refractivity contribution in [2.24, 2.45) is 0 Å². The molecule has 1 aromatic carbocycles. The number of carboxylic acid groups (broad SMARTS) is 1. The van der Waals surface area contributed by atoms with Gasteiger partial charge in [0.1, 0.15) is 0 Å². The molecular formula is C14H18O2. The molecule has 0 atom stereocenters. The minimum atomic E-state index is -0.659. The molecule has 0 aliphatic heterocycles. The van der Waals surface area contributed by atoms with Crippen molar-refractivity contribution in [1.29, 1.82) is 0 Å². The van der Waals surface area contributed by atoms with Gasteiger partial charge in [-0.3, -0.25) is 4.79 Å². The highest BCUT2D eigenvalue weighted by molar-refractivity contribution is 5.85. The van der Waals surface area contributed by atoms with Crippen LogP contribution in [0.3, 0.4) is 0 Å². The Balaban J connectivity index is 2.44. The van der Waals surface area contributed by atoms with Crippen LogP contribution in [0.1, 0.15) is 42.9 Å². The normalized spacial score (nSPS) is 17.1.